The molecule has 3 amide bonds. The van der Waals surface area contributed by atoms with Crippen LogP contribution in [-0.2, 0) is 37.2 Å². The fourth-order valence-corrected chi connectivity index (χ4v) is 5.29. The van der Waals surface area contributed by atoms with Gasteiger partial charge in [-0.3, -0.25) is 24.2 Å². The van der Waals surface area contributed by atoms with Gasteiger partial charge in [-0.15, -0.1) is 5.10 Å². The Morgan fingerprint density at radius 1 is 1.02 bits per heavy atom. The Morgan fingerprint density at radius 3 is 2.51 bits per heavy atom. The Kier molecular flexibility index (Phi) is 6.60. The molecule has 6 rings (SSSR count). The smallest absolute Gasteiger partial charge is 0.453 e. The lowest BCUT2D eigenvalue weighted by Gasteiger charge is -2.29. The molecule has 0 spiro atoms. The number of carbonyl (C=O) groups excluding carboxylic acids is 3. The van der Waals surface area contributed by atoms with Gasteiger partial charge in [0.2, 0.25) is 5.91 Å². The van der Waals surface area contributed by atoms with Crippen molar-refractivity contribution in [3.8, 4) is 5.75 Å². The zero-order valence-corrected chi connectivity index (χ0v) is 21.8. The van der Waals surface area contributed by atoms with E-state index in [1.165, 1.54) is 4.68 Å². The summed E-state index contributed by atoms with van der Waals surface area (Å²) in [5.41, 5.74) is 2.66. The summed E-state index contributed by atoms with van der Waals surface area (Å²) in [6.07, 6.45) is -3.79. The van der Waals surface area contributed by atoms with Gasteiger partial charge in [-0.2, -0.15) is 13.2 Å². The van der Waals surface area contributed by atoms with E-state index in [2.05, 4.69) is 22.0 Å². The minimum atomic E-state index is -4.57. The molecule has 1 atom stereocenters. The van der Waals surface area contributed by atoms with Gasteiger partial charge in [0.05, 0.1) is 24.2 Å². The van der Waals surface area contributed by atoms with E-state index in [1.54, 1.807) is 18.2 Å². The van der Waals surface area contributed by atoms with Crippen molar-refractivity contribution in [2.45, 2.75) is 51.3 Å². The number of ether oxygens (including phenoxy) is 1. The third kappa shape index (κ3) is 5.08. The number of halogens is 3. The molecule has 0 bridgehead atoms. The van der Waals surface area contributed by atoms with Gasteiger partial charge < -0.3 is 10.1 Å². The van der Waals surface area contributed by atoms with Crippen molar-refractivity contribution in [1.82, 2.24) is 29.9 Å². The van der Waals surface area contributed by atoms with E-state index >= 15 is 0 Å². The molecule has 3 aromatic rings. The van der Waals surface area contributed by atoms with Crippen LogP contribution in [0.2, 0.25) is 0 Å². The number of piperidine rings is 1. The fraction of sp³-hybridized carbons (Fsp3) is 0.321. The van der Waals surface area contributed by atoms with Crippen LogP contribution >= 0.6 is 0 Å². The number of benzene rings is 2. The van der Waals surface area contributed by atoms with Crippen LogP contribution in [0.25, 0.3) is 0 Å². The summed E-state index contributed by atoms with van der Waals surface area (Å²) in [7, 11) is 0. The van der Waals surface area contributed by atoms with Crippen LogP contribution in [0.3, 0.4) is 0 Å². The molecule has 10 nitrogen and oxygen atoms in total. The quantitative estimate of drug-likeness (QED) is 0.456. The number of amides is 3. The number of alkyl halides is 3. The molecule has 212 valence electrons. The summed E-state index contributed by atoms with van der Waals surface area (Å²) in [5.74, 6) is -2.11. The molecule has 3 aliphatic heterocycles. The fourth-order valence-electron chi connectivity index (χ4n) is 5.29. The number of fused-ring (bicyclic) bond motifs is 2. The second-order valence-corrected chi connectivity index (χ2v) is 10.2. The summed E-state index contributed by atoms with van der Waals surface area (Å²) in [6.45, 7) is 5.52. The van der Waals surface area contributed by atoms with Gasteiger partial charge in [-0.1, -0.05) is 36.9 Å². The van der Waals surface area contributed by atoms with Gasteiger partial charge in [0.15, 0.2) is 0 Å². The van der Waals surface area contributed by atoms with Crippen LogP contribution in [0.15, 0.2) is 54.7 Å². The average molecular weight is 567 g/mol. The number of hydrogen-bond donors (Lipinski definition) is 1. The standard InChI is InChI=1S/C28H25F3N6O4/c1-16-5-10-20(24(38)32-16)37-25(39)19-3-2-4-21(23(19)26(37)40)41-15-18-8-6-17(7-9-18)13-35-11-12-36-22(14-35)33-27(34-36)28(29,30)31/h2-4,6-9,20H,1,5,10-15H2,(H,32,38). The molecule has 2 aromatic carbocycles. The van der Waals surface area contributed by atoms with Gasteiger partial charge in [-0.25, -0.2) is 9.67 Å². The number of imide groups is 1. The number of nitrogens with zero attached hydrogens (tertiary/aromatic N) is 5. The normalized spacial score (nSPS) is 19.3. The number of aromatic nitrogens is 3. The van der Waals surface area contributed by atoms with Crippen molar-refractivity contribution < 1.29 is 32.3 Å². The number of carbonyl (C=O) groups is 3. The van der Waals surface area contributed by atoms with Crippen LogP contribution in [0.4, 0.5) is 13.2 Å². The van der Waals surface area contributed by atoms with Gasteiger partial charge in [-0.05, 0) is 36.1 Å². The third-order valence-corrected chi connectivity index (χ3v) is 7.36. The molecule has 0 aliphatic carbocycles. The van der Waals surface area contributed by atoms with Crippen molar-refractivity contribution in [3.05, 3.63) is 88.6 Å². The number of allylic oxidation sites excluding steroid dienone is 1. The molecular weight excluding hydrogens is 541 g/mol. The molecule has 3 aliphatic rings. The lowest BCUT2D eigenvalue weighted by Crippen LogP contribution is -2.51. The van der Waals surface area contributed by atoms with Gasteiger partial charge in [0.1, 0.15) is 24.2 Å². The second kappa shape index (κ2) is 10.1. The summed E-state index contributed by atoms with van der Waals surface area (Å²) in [4.78, 5) is 45.5. The minimum absolute atomic E-state index is 0.134. The van der Waals surface area contributed by atoms with Crippen molar-refractivity contribution in [3.63, 3.8) is 0 Å². The van der Waals surface area contributed by atoms with E-state index in [1.807, 2.05) is 29.2 Å². The van der Waals surface area contributed by atoms with E-state index in [0.29, 0.717) is 38.2 Å². The Morgan fingerprint density at radius 2 is 1.78 bits per heavy atom. The van der Waals surface area contributed by atoms with E-state index in [-0.39, 0.29) is 35.9 Å². The molecule has 1 aromatic heterocycles. The maximum atomic E-state index is 13.3. The Labute approximate surface area is 232 Å². The zero-order chi connectivity index (χ0) is 28.9. The van der Waals surface area contributed by atoms with Gasteiger partial charge in [0, 0.05) is 18.8 Å². The second-order valence-electron chi connectivity index (χ2n) is 10.2. The van der Waals surface area contributed by atoms with Crippen LogP contribution in [0, 0.1) is 0 Å². The molecular formula is C28H25F3N6O4. The first kappa shape index (κ1) is 26.7. The molecule has 0 saturated carbocycles. The lowest BCUT2D eigenvalue weighted by molar-refractivity contribution is -0.145. The molecule has 4 heterocycles. The molecule has 1 fully saturated rings. The molecule has 1 N–H and O–H groups in total. The van der Waals surface area contributed by atoms with Crippen LogP contribution in [0.5, 0.6) is 5.75 Å². The molecule has 0 radical (unpaired) electrons. The van der Waals surface area contributed by atoms with Crippen LogP contribution in [-0.4, -0.2) is 54.9 Å². The van der Waals surface area contributed by atoms with E-state index < -0.39 is 35.8 Å². The molecule has 13 heteroatoms. The Hall–Kier alpha value is -4.52. The Bertz CT molecular complexity index is 1570. The lowest BCUT2D eigenvalue weighted by atomic mass is 10.0. The van der Waals surface area contributed by atoms with Crippen molar-refractivity contribution in [2.24, 2.45) is 0 Å². The highest BCUT2D eigenvalue weighted by Crippen LogP contribution is 2.34. The van der Waals surface area contributed by atoms with Crippen molar-refractivity contribution in [2.75, 3.05) is 6.54 Å². The average Bonchev–Trinajstić information content (AvgIpc) is 3.48. The summed E-state index contributed by atoms with van der Waals surface area (Å²) >= 11 is 0. The first-order valence-electron chi connectivity index (χ1n) is 13.0. The Balaban J connectivity index is 1.09. The largest absolute Gasteiger partial charge is 0.488 e. The van der Waals surface area contributed by atoms with Crippen LogP contribution < -0.4 is 10.1 Å². The number of rotatable bonds is 6. The van der Waals surface area contributed by atoms with Crippen LogP contribution in [0.1, 0.15) is 56.3 Å². The molecule has 1 saturated heterocycles. The minimum Gasteiger partial charge on any atom is -0.488 e. The highest BCUT2D eigenvalue weighted by Gasteiger charge is 2.45. The predicted octanol–water partition coefficient (Wildman–Crippen LogP) is 3.28. The summed E-state index contributed by atoms with van der Waals surface area (Å²) in [5, 5.41) is 6.18. The van der Waals surface area contributed by atoms with E-state index in [9.17, 15) is 27.6 Å². The summed E-state index contributed by atoms with van der Waals surface area (Å²) < 4.78 is 46.1. The van der Waals surface area contributed by atoms with Crippen molar-refractivity contribution in [1.29, 1.82) is 0 Å². The topological polar surface area (TPSA) is 110 Å². The monoisotopic (exact) mass is 566 g/mol. The number of hydrogen-bond acceptors (Lipinski definition) is 7. The SMILES string of the molecule is C=C1CCC(N2C(=O)c3cccc(OCc4ccc(CN5CCn6nc(C(F)(F)F)nc6C5)cc4)c3C2=O)C(=O)N1. The predicted molar refractivity (Wildman–Crippen MR) is 137 cm³/mol. The first-order chi connectivity index (χ1) is 19.6. The molecule has 41 heavy (non-hydrogen) atoms. The maximum Gasteiger partial charge on any atom is 0.453 e. The van der Waals surface area contributed by atoms with Gasteiger partial charge >= 0.3 is 6.18 Å². The van der Waals surface area contributed by atoms with Crippen molar-refractivity contribution >= 4 is 17.7 Å². The maximum absolute atomic E-state index is 13.3. The summed E-state index contributed by atoms with van der Waals surface area (Å²) in [6, 6.07) is 11.4. The molecule has 1 unspecified atom stereocenters. The highest BCUT2D eigenvalue weighted by atomic mass is 19.4. The van der Waals surface area contributed by atoms with E-state index in [4.69, 9.17) is 4.74 Å². The number of nitrogens with one attached hydrogen (secondary N) is 1. The highest BCUT2D eigenvalue weighted by molar-refractivity contribution is 6.24. The third-order valence-electron chi connectivity index (χ3n) is 7.36. The first-order valence-corrected chi connectivity index (χ1v) is 13.0. The van der Waals surface area contributed by atoms with E-state index in [0.717, 1.165) is 16.0 Å². The zero-order valence-electron chi connectivity index (χ0n) is 21.8. The van der Waals surface area contributed by atoms with Gasteiger partial charge in [0.25, 0.3) is 17.6 Å².